The first-order valence-electron chi connectivity index (χ1n) is 5.64. The SMILES string of the molecule is CC(=O)Nc1ccc(S(=O)(=O)NCC(O)C(F)(F)F)cc1. The third-order valence-corrected chi connectivity index (χ3v) is 3.77. The highest BCUT2D eigenvalue weighted by Crippen LogP contribution is 2.20. The van der Waals surface area contributed by atoms with Crippen molar-refractivity contribution >= 4 is 21.6 Å². The number of alkyl halides is 3. The number of hydrogen-bond acceptors (Lipinski definition) is 4. The van der Waals surface area contributed by atoms with Crippen LogP contribution in [0.5, 0.6) is 0 Å². The van der Waals surface area contributed by atoms with Crippen molar-refractivity contribution < 1.29 is 31.5 Å². The van der Waals surface area contributed by atoms with Gasteiger partial charge in [0, 0.05) is 19.2 Å². The van der Waals surface area contributed by atoms with E-state index in [4.69, 9.17) is 5.11 Å². The second-order valence-electron chi connectivity index (χ2n) is 4.11. The van der Waals surface area contributed by atoms with E-state index in [1.54, 1.807) is 4.72 Å². The minimum atomic E-state index is -4.90. The number of nitrogens with one attached hydrogen (secondary N) is 2. The van der Waals surface area contributed by atoms with E-state index in [1.165, 1.54) is 19.1 Å². The first-order chi connectivity index (χ1) is 9.52. The molecule has 1 amide bonds. The summed E-state index contributed by atoms with van der Waals surface area (Å²) in [5.41, 5.74) is 0.344. The van der Waals surface area contributed by atoms with Gasteiger partial charge in [-0.25, -0.2) is 13.1 Å². The number of benzene rings is 1. The number of rotatable bonds is 5. The maximum atomic E-state index is 12.1. The van der Waals surface area contributed by atoms with E-state index >= 15 is 0 Å². The van der Waals surface area contributed by atoms with Gasteiger partial charge in [0.1, 0.15) is 0 Å². The van der Waals surface area contributed by atoms with Gasteiger partial charge < -0.3 is 10.4 Å². The number of sulfonamides is 1. The molecule has 0 aliphatic heterocycles. The van der Waals surface area contributed by atoms with Crippen LogP contribution < -0.4 is 10.0 Å². The first-order valence-corrected chi connectivity index (χ1v) is 7.13. The molecule has 1 aromatic carbocycles. The molecular weight excluding hydrogens is 313 g/mol. The number of carbonyl (C=O) groups excluding carboxylic acids is 1. The Labute approximate surface area is 119 Å². The number of amides is 1. The number of halogens is 3. The summed E-state index contributed by atoms with van der Waals surface area (Å²) < 4.78 is 61.3. The van der Waals surface area contributed by atoms with E-state index < -0.39 is 28.8 Å². The van der Waals surface area contributed by atoms with Crippen molar-refractivity contribution in [2.24, 2.45) is 0 Å². The molecule has 0 aliphatic carbocycles. The van der Waals surface area contributed by atoms with Crippen molar-refractivity contribution in [3.05, 3.63) is 24.3 Å². The summed E-state index contributed by atoms with van der Waals surface area (Å²) in [6, 6.07) is 4.81. The van der Waals surface area contributed by atoms with Crippen LogP contribution in [-0.4, -0.2) is 38.3 Å². The third kappa shape index (κ3) is 5.33. The Morgan fingerprint density at radius 1 is 1.29 bits per heavy atom. The molecule has 0 aliphatic rings. The maximum absolute atomic E-state index is 12.1. The van der Waals surface area contributed by atoms with E-state index in [1.807, 2.05) is 0 Å². The fraction of sp³-hybridized carbons (Fsp3) is 0.364. The Hall–Kier alpha value is -1.65. The Morgan fingerprint density at radius 3 is 2.24 bits per heavy atom. The molecule has 10 heteroatoms. The maximum Gasteiger partial charge on any atom is 0.415 e. The van der Waals surface area contributed by atoms with Gasteiger partial charge in [-0.3, -0.25) is 4.79 Å². The van der Waals surface area contributed by atoms with Crippen LogP contribution in [0.1, 0.15) is 6.92 Å². The molecule has 0 radical (unpaired) electrons. The number of aliphatic hydroxyl groups excluding tert-OH is 1. The lowest BCUT2D eigenvalue weighted by molar-refractivity contribution is -0.200. The van der Waals surface area contributed by atoms with Crippen LogP contribution in [0.2, 0.25) is 0 Å². The normalized spacial score (nSPS) is 13.8. The molecule has 21 heavy (non-hydrogen) atoms. The monoisotopic (exact) mass is 326 g/mol. The molecule has 1 rings (SSSR count). The molecule has 6 nitrogen and oxygen atoms in total. The van der Waals surface area contributed by atoms with Crippen LogP contribution in [0.25, 0.3) is 0 Å². The third-order valence-electron chi connectivity index (χ3n) is 2.33. The van der Waals surface area contributed by atoms with Gasteiger partial charge in [0.15, 0.2) is 6.10 Å². The Morgan fingerprint density at radius 2 is 1.81 bits per heavy atom. The topological polar surface area (TPSA) is 95.5 Å². The molecule has 0 bridgehead atoms. The lowest BCUT2D eigenvalue weighted by atomic mass is 10.3. The highest BCUT2D eigenvalue weighted by molar-refractivity contribution is 7.89. The van der Waals surface area contributed by atoms with Crippen molar-refractivity contribution in [2.45, 2.75) is 24.1 Å². The van der Waals surface area contributed by atoms with Crippen LogP contribution in [0.3, 0.4) is 0 Å². The fourth-order valence-electron chi connectivity index (χ4n) is 1.31. The van der Waals surface area contributed by atoms with E-state index in [-0.39, 0.29) is 10.8 Å². The van der Waals surface area contributed by atoms with Crippen molar-refractivity contribution in [1.82, 2.24) is 4.72 Å². The van der Waals surface area contributed by atoms with Crippen LogP contribution in [0, 0.1) is 0 Å². The van der Waals surface area contributed by atoms with Crippen LogP contribution >= 0.6 is 0 Å². The van der Waals surface area contributed by atoms with Crippen molar-refractivity contribution in [2.75, 3.05) is 11.9 Å². The second-order valence-corrected chi connectivity index (χ2v) is 5.88. The summed E-state index contributed by atoms with van der Waals surface area (Å²) in [5, 5.41) is 11.2. The Bertz CT molecular complexity index is 599. The average Bonchev–Trinajstić information content (AvgIpc) is 2.34. The van der Waals surface area contributed by atoms with Crippen molar-refractivity contribution in [3.63, 3.8) is 0 Å². The van der Waals surface area contributed by atoms with E-state index in [0.29, 0.717) is 5.69 Å². The molecule has 0 heterocycles. The summed E-state index contributed by atoms with van der Waals surface area (Å²) in [5.74, 6) is -0.350. The van der Waals surface area contributed by atoms with Gasteiger partial charge in [-0.1, -0.05) is 0 Å². The predicted molar refractivity (Wildman–Crippen MR) is 68.0 cm³/mol. The van der Waals surface area contributed by atoms with E-state index in [9.17, 15) is 26.4 Å². The van der Waals surface area contributed by atoms with Gasteiger partial charge in [-0.2, -0.15) is 13.2 Å². The van der Waals surface area contributed by atoms with Crippen LogP contribution in [0.4, 0.5) is 18.9 Å². The number of aliphatic hydroxyl groups is 1. The zero-order valence-electron chi connectivity index (χ0n) is 10.8. The summed E-state index contributed by atoms with van der Waals surface area (Å²) in [6.45, 7) is 0.0873. The standard InChI is InChI=1S/C11H13F3N2O4S/c1-7(17)16-8-2-4-9(5-3-8)21(19,20)15-6-10(18)11(12,13)14/h2-5,10,15,18H,6H2,1H3,(H,16,17). The number of anilines is 1. The molecule has 0 spiro atoms. The Kier molecular flexibility index (Phi) is 5.31. The minimum Gasteiger partial charge on any atom is -0.382 e. The molecule has 1 aromatic rings. The average molecular weight is 326 g/mol. The Balaban J connectivity index is 2.77. The molecular formula is C11H13F3N2O4S. The van der Waals surface area contributed by atoms with Gasteiger partial charge >= 0.3 is 6.18 Å². The quantitative estimate of drug-likeness (QED) is 0.747. The molecule has 0 saturated carbocycles. The molecule has 0 fully saturated rings. The second kappa shape index (κ2) is 6.41. The summed E-state index contributed by atoms with van der Waals surface area (Å²) in [7, 11) is -4.18. The number of hydrogen-bond donors (Lipinski definition) is 3. The highest BCUT2D eigenvalue weighted by atomic mass is 32.2. The zero-order valence-corrected chi connectivity index (χ0v) is 11.6. The van der Waals surface area contributed by atoms with Gasteiger partial charge in [0.25, 0.3) is 0 Å². The zero-order chi connectivity index (χ0) is 16.3. The van der Waals surface area contributed by atoms with E-state index in [0.717, 1.165) is 12.1 Å². The lowest BCUT2D eigenvalue weighted by Crippen LogP contribution is -2.40. The number of carbonyl (C=O) groups is 1. The molecule has 3 N–H and O–H groups in total. The smallest absolute Gasteiger partial charge is 0.382 e. The molecule has 0 aromatic heterocycles. The van der Waals surface area contributed by atoms with E-state index in [2.05, 4.69) is 5.32 Å². The van der Waals surface area contributed by atoms with Gasteiger partial charge in [0.05, 0.1) is 4.90 Å². The first kappa shape index (κ1) is 17.4. The van der Waals surface area contributed by atoms with Gasteiger partial charge in [0.2, 0.25) is 15.9 Å². The molecule has 1 unspecified atom stereocenters. The summed E-state index contributed by atoms with van der Waals surface area (Å²) in [4.78, 5) is 10.5. The molecule has 1 atom stereocenters. The van der Waals surface area contributed by atoms with Gasteiger partial charge in [-0.15, -0.1) is 0 Å². The van der Waals surface area contributed by atoms with Crippen molar-refractivity contribution in [1.29, 1.82) is 0 Å². The largest absolute Gasteiger partial charge is 0.415 e. The van der Waals surface area contributed by atoms with Crippen LogP contribution in [-0.2, 0) is 14.8 Å². The highest BCUT2D eigenvalue weighted by Gasteiger charge is 2.38. The van der Waals surface area contributed by atoms with Gasteiger partial charge in [-0.05, 0) is 24.3 Å². The summed E-state index contributed by atoms with van der Waals surface area (Å²) >= 11 is 0. The predicted octanol–water partition coefficient (Wildman–Crippen LogP) is 0.846. The van der Waals surface area contributed by atoms with Crippen LogP contribution in [0.15, 0.2) is 29.2 Å². The summed E-state index contributed by atoms with van der Waals surface area (Å²) in [6.07, 6.45) is -7.69. The lowest BCUT2D eigenvalue weighted by Gasteiger charge is -2.15. The fourth-order valence-corrected chi connectivity index (χ4v) is 2.35. The minimum absolute atomic E-state index is 0.286. The van der Waals surface area contributed by atoms with Crippen molar-refractivity contribution in [3.8, 4) is 0 Å². The molecule has 0 saturated heterocycles. The molecule has 118 valence electrons.